The molecule has 0 aromatic heterocycles. The predicted molar refractivity (Wildman–Crippen MR) is 68.9 cm³/mol. The van der Waals surface area contributed by atoms with Gasteiger partial charge < -0.3 is 10.1 Å². The van der Waals surface area contributed by atoms with Gasteiger partial charge in [-0.05, 0) is 59.4 Å². The van der Waals surface area contributed by atoms with Crippen LogP contribution in [0.15, 0.2) is 24.3 Å². The Hall–Kier alpha value is -1.02. The van der Waals surface area contributed by atoms with Crippen LogP contribution < -0.4 is 10.1 Å². The van der Waals surface area contributed by atoms with Gasteiger partial charge in [-0.2, -0.15) is 0 Å². The Morgan fingerprint density at radius 2 is 1.44 bits per heavy atom. The maximum atomic E-state index is 5.78. The van der Waals surface area contributed by atoms with Crippen LogP contribution in [-0.4, -0.2) is 12.6 Å². The summed E-state index contributed by atoms with van der Waals surface area (Å²) < 4.78 is 5.78. The smallest absolute Gasteiger partial charge is 0.120 e. The molecule has 16 heavy (non-hydrogen) atoms. The molecule has 0 aliphatic rings. The van der Waals surface area contributed by atoms with Gasteiger partial charge in [-0.25, -0.2) is 0 Å². The van der Waals surface area contributed by atoms with Crippen LogP contribution in [0.25, 0.3) is 0 Å². The number of rotatable bonds is 3. The van der Waals surface area contributed by atoms with Crippen LogP contribution in [0.3, 0.4) is 0 Å². The minimum atomic E-state index is -0.139. The van der Waals surface area contributed by atoms with Gasteiger partial charge in [-0.3, -0.25) is 0 Å². The summed E-state index contributed by atoms with van der Waals surface area (Å²) in [4.78, 5) is 0. The molecule has 0 atom stereocenters. The topological polar surface area (TPSA) is 21.3 Å². The molecule has 0 heterocycles. The lowest BCUT2D eigenvalue weighted by Gasteiger charge is -2.26. The lowest BCUT2D eigenvalue weighted by molar-refractivity contribution is 0.131. The third-order valence-corrected chi connectivity index (χ3v) is 2.63. The Bertz CT molecular complexity index is 333. The molecule has 1 rings (SSSR count). The van der Waals surface area contributed by atoms with Gasteiger partial charge in [0.25, 0.3) is 0 Å². The summed E-state index contributed by atoms with van der Waals surface area (Å²) in [7, 11) is 1.97. The van der Waals surface area contributed by atoms with E-state index in [0.29, 0.717) is 0 Å². The maximum absolute atomic E-state index is 5.78. The Kier molecular flexibility index (Phi) is 3.64. The summed E-state index contributed by atoms with van der Waals surface area (Å²) in [5, 5.41) is 3.28. The fraction of sp³-hybridized carbons (Fsp3) is 0.571. The lowest BCUT2D eigenvalue weighted by atomic mass is 9.94. The fourth-order valence-electron chi connectivity index (χ4n) is 1.44. The van der Waals surface area contributed by atoms with Gasteiger partial charge in [0.05, 0.1) is 0 Å². The molecule has 0 fully saturated rings. The third-order valence-electron chi connectivity index (χ3n) is 2.63. The van der Waals surface area contributed by atoms with E-state index in [1.807, 2.05) is 19.2 Å². The van der Waals surface area contributed by atoms with Crippen molar-refractivity contribution in [2.45, 2.75) is 45.8 Å². The molecule has 0 bridgehead atoms. The summed E-state index contributed by atoms with van der Waals surface area (Å²) >= 11 is 0. The number of ether oxygens (including phenoxy) is 1. The zero-order chi connectivity index (χ0) is 12.4. The second kappa shape index (κ2) is 4.46. The van der Waals surface area contributed by atoms with E-state index < -0.39 is 0 Å². The highest BCUT2D eigenvalue weighted by Gasteiger charge is 2.18. The monoisotopic (exact) mass is 221 g/mol. The Morgan fingerprint density at radius 3 is 1.81 bits per heavy atom. The first-order valence-corrected chi connectivity index (χ1v) is 5.73. The molecule has 0 saturated carbocycles. The first-order chi connectivity index (χ1) is 7.24. The second-order valence-corrected chi connectivity index (χ2v) is 5.61. The Labute approximate surface area is 99.0 Å². The van der Waals surface area contributed by atoms with E-state index in [1.165, 1.54) is 5.56 Å². The van der Waals surface area contributed by atoms with E-state index in [0.717, 1.165) is 5.75 Å². The Morgan fingerprint density at radius 1 is 0.938 bits per heavy atom. The van der Waals surface area contributed by atoms with Crippen molar-refractivity contribution in [2.75, 3.05) is 7.05 Å². The molecular formula is C14H23NO. The molecule has 90 valence electrons. The van der Waals surface area contributed by atoms with Gasteiger partial charge >= 0.3 is 0 Å². The van der Waals surface area contributed by atoms with Gasteiger partial charge in [-0.1, -0.05) is 12.1 Å². The zero-order valence-electron chi connectivity index (χ0n) is 11.2. The summed E-state index contributed by atoms with van der Waals surface area (Å²) in [6, 6.07) is 8.27. The van der Waals surface area contributed by atoms with Crippen LogP contribution in [0.1, 0.15) is 40.2 Å². The molecule has 0 radical (unpaired) electrons. The average Bonchev–Trinajstić information content (AvgIpc) is 2.16. The van der Waals surface area contributed by atoms with E-state index in [1.54, 1.807) is 0 Å². The summed E-state index contributed by atoms with van der Waals surface area (Å²) in [6.07, 6.45) is 0. The van der Waals surface area contributed by atoms with Crippen molar-refractivity contribution in [3.63, 3.8) is 0 Å². The zero-order valence-corrected chi connectivity index (χ0v) is 11.2. The highest BCUT2D eigenvalue weighted by Crippen LogP contribution is 2.24. The lowest BCUT2D eigenvalue weighted by Crippen LogP contribution is -2.33. The van der Waals surface area contributed by atoms with Crippen LogP contribution in [0, 0.1) is 0 Å². The fourth-order valence-corrected chi connectivity index (χ4v) is 1.44. The SMILES string of the molecule is CNC(C)(C)c1ccc(OC(C)(C)C)cc1. The van der Waals surface area contributed by atoms with E-state index in [4.69, 9.17) is 4.74 Å². The van der Waals surface area contributed by atoms with Gasteiger partial charge in [0, 0.05) is 5.54 Å². The molecule has 2 heteroatoms. The number of hydrogen-bond acceptors (Lipinski definition) is 2. The third kappa shape index (κ3) is 3.53. The molecule has 2 nitrogen and oxygen atoms in total. The predicted octanol–water partition coefficient (Wildman–Crippen LogP) is 3.32. The largest absolute Gasteiger partial charge is 0.488 e. The number of hydrogen-bond donors (Lipinski definition) is 1. The molecule has 0 amide bonds. The minimum Gasteiger partial charge on any atom is -0.488 e. The van der Waals surface area contributed by atoms with Crippen molar-refractivity contribution in [1.82, 2.24) is 5.32 Å². The molecule has 1 aromatic rings. The first kappa shape index (κ1) is 13.0. The molecule has 0 aliphatic carbocycles. The van der Waals surface area contributed by atoms with Crippen molar-refractivity contribution in [3.8, 4) is 5.75 Å². The average molecular weight is 221 g/mol. The molecule has 1 aromatic carbocycles. The van der Waals surface area contributed by atoms with Crippen molar-refractivity contribution in [2.24, 2.45) is 0 Å². The minimum absolute atomic E-state index is 0.000260. The van der Waals surface area contributed by atoms with Crippen molar-refractivity contribution >= 4 is 0 Å². The van der Waals surface area contributed by atoms with Crippen LogP contribution in [0.5, 0.6) is 5.75 Å². The molecule has 1 N–H and O–H groups in total. The number of benzene rings is 1. The van der Waals surface area contributed by atoms with Crippen LogP contribution in [0.4, 0.5) is 0 Å². The van der Waals surface area contributed by atoms with Crippen LogP contribution >= 0.6 is 0 Å². The summed E-state index contributed by atoms with van der Waals surface area (Å²) in [5.74, 6) is 0.920. The number of nitrogens with one attached hydrogen (secondary N) is 1. The maximum Gasteiger partial charge on any atom is 0.120 e. The van der Waals surface area contributed by atoms with E-state index >= 15 is 0 Å². The molecule has 0 saturated heterocycles. The van der Waals surface area contributed by atoms with E-state index in [2.05, 4.69) is 52.1 Å². The molecule has 0 aliphatic heterocycles. The summed E-state index contributed by atoms with van der Waals surface area (Å²) in [5.41, 5.74) is 1.12. The van der Waals surface area contributed by atoms with Gasteiger partial charge in [0.15, 0.2) is 0 Å². The normalized spacial score (nSPS) is 12.6. The Balaban J connectivity index is 2.84. The van der Waals surface area contributed by atoms with Gasteiger partial charge in [0.1, 0.15) is 11.4 Å². The van der Waals surface area contributed by atoms with E-state index in [-0.39, 0.29) is 11.1 Å². The standard InChI is InChI=1S/C14H23NO/c1-13(2,3)16-12-9-7-11(8-10-12)14(4,5)15-6/h7-10,15H,1-6H3. The van der Waals surface area contributed by atoms with Gasteiger partial charge in [-0.15, -0.1) is 0 Å². The van der Waals surface area contributed by atoms with Crippen molar-refractivity contribution < 1.29 is 4.74 Å². The highest BCUT2D eigenvalue weighted by atomic mass is 16.5. The van der Waals surface area contributed by atoms with E-state index in [9.17, 15) is 0 Å². The molecule has 0 spiro atoms. The highest BCUT2D eigenvalue weighted by molar-refractivity contribution is 5.31. The molecule has 0 unspecified atom stereocenters. The van der Waals surface area contributed by atoms with Crippen molar-refractivity contribution in [1.29, 1.82) is 0 Å². The molecular weight excluding hydrogens is 198 g/mol. The first-order valence-electron chi connectivity index (χ1n) is 5.73. The van der Waals surface area contributed by atoms with Crippen molar-refractivity contribution in [3.05, 3.63) is 29.8 Å². The van der Waals surface area contributed by atoms with Crippen LogP contribution in [0.2, 0.25) is 0 Å². The van der Waals surface area contributed by atoms with Gasteiger partial charge in [0.2, 0.25) is 0 Å². The summed E-state index contributed by atoms with van der Waals surface area (Å²) in [6.45, 7) is 10.5. The second-order valence-electron chi connectivity index (χ2n) is 5.61. The van der Waals surface area contributed by atoms with Crippen LogP contribution in [-0.2, 0) is 5.54 Å². The quantitative estimate of drug-likeness (QED) is 0.845.